The van der Waals surface area contributed by atoms with E-state index in [1.165, 1.54) is 0 Å². The van der Waals surface area contributed by atoms with E-state index in [1.54, 1.807) is 30.8 Å². The Labute approximate surface area is 150 Å². The number of aryl methyl sites for hydroxylation is 1. The first kappa shape index (κ1) is 16.1. The molecule has 7 heteroatoms. The smallest absolute Gasteiger partial charge is 0.232 e. The van der Waals surface area contributed by atoms with E-state index in [0.717, 1.165) is 52.7 Å². The Kier molecular flexibility index (Phi) is 4.40. The molecule has 0 amide bonds. The fourth-order valence-electron chi connectivity index (χ4n) is 3.04. The molecule has 1 aliphatic rings. The van der Waals surface area contributed by atoms with Gasteiger partial charge in [-0.3, -0.25) is 4.98 Å². The standard InChI is InChI=1S/C18H20N4O2S/c1-12-10-19-11-16(20-12)24-13-6-8-22(9-7-13)18-21-17-14(23-2)4-3-5-15(17)25-18/h3-5,10-11,13H,6-9H2,1-2H3. The molecule has 2 aromatic heterocycles. The zero-order valence-corrected chi connectivity index (χ0v) is 15.1. The number of hydrogen-bond acceptors (Lipinski definition) is 7. The monoisotopic (exact) mass is 356 g/mol. The quantitative estimate of drug-likeness (QED) is 0.713. The number of piperidine rings is 1. The second kappa shape index (κ2) is 6.84. The third-order valence-corrected chi connectivity index (χ3v) is 5.40. The maximum absolute atomic E-state index is 5.98. The Balaban J connectivity index is 1.43. The summed E-state index contributed by atoms with van der Waals surface area (Å²) in [5.41, 5.74) is 1.82. The summed E-state index contributed by atoms with van der Waals surface area (Å²) in [5, 5.41) is 1.05. The molecule has 130 valence electrons. The number of aromatic nitrogens is 3. The van der Waals surface area contributed by atoms with Gasteiger partial charge in [0.25, 0.3) is 0 Å². The molecule has 0 aliphatic carbocycles. The van der Waals surface area contributed by atoms with Crippen LogP contribution in [0.5, 0.6) is 11.6 Å². The number of ether oxygens (including phenoxy) is 2. The summed E-state index contributed by atoms with van der Waals surface area (Å²) in [7, 11) is 1.69. The molecule has 0 unspecified atom stereocenters. The molecule has 0 N–H and O–H groups in total. The van der Waals surface area contributed by atoms with Crippen molar-refractivity contribution in [2.24, 2.45) is 0 Å². The molecule has 0 radical (unpaired) electrons. The molecular weight excluding hydrogens is 336 g/mol. The number of para-hydroxylation sites is 1. The first-order valence-electron chi connectivity index (χ1n) is 8.37. The Hall–Kier alpha value is -2.41. The van der Waals surface area contributed by atoms with Crippen LogP contribution in [0.2, 0.25) is 0 Å². The van der Waals surface area contributed by atoms with E-state index in [2.05, 4.69) is 20.9 Å². The number of methoxy groups -OCH3 is 1. The van der Waals surface area contributed by atoms with Gasteiger partial charge in [0.2, 0.25) is 5.88 Å². The molecule has 1 aromatic carbocycles. The van der Waals surface area contributed by atoms with Crippen molar-refractivity contribution in [1.82, 2.24) is 15.0 Å². The minimum Gasteiger partial charge on any atom is -0.494 e. The van der Waals surface area contributed by atoms with E-state index in [9.17, 15) is 0 Å². The molecule has 4 rings (SSSR count). The predicted molar refractivity (Wildman–Crippen MR) is 98.8 cm³/mol. The van der Waals surface area contributed by atoms with E-state index >= 15 is 0 Å². The molecule has 3 heterocycles. The Bertz CT molecular complexity index is 874. The van der Waals surface area contributed by atoms with Crippen LogP contribution in [-0.4, -0.2) is 41.3 Å². The summed E-state index contributed by atoms with van der Waals surface area (Å²) in [4.78, 5) is 15.6. The van der Waals surface area contributed by atoms with E-state index in [1.807, 2.05) is 19.1 Å². The molecule has 0 spiro atoms. The largest absolute Gasteiger partial charge is 0.494 e. The lowest BCUT2D eigenvalue weighted by Gasteiger charge is -2.31. The van der Waals surface area contributed by atoms with Crippen molar-refractivity contribution in [2.75, 3.05) is 25.1 Å². The van der Waals surface area contributed by atoms with Crippen LogP contribution in [0, 0.1) is 6.92 Å². The van der Waals surface area contributed by atoms with E-state index < -0.39 is 0 Å². The Morgan fingerprint density at radius 3 is 2.76 bits per heavy atom. The summed E-state index contributed by atoms with van der Waals surface area (Å²) < 4.78 is 12.5. The zero-order chi connectivity index (χ0) is 17.2. The third-order valence-electron chi connectivity index (χ3n) is 4.32. The number of anilines is 1. The van der Waals surface area contributed by atoms with Crippen molar-refractivity contribution in [3.63, 3.8) is 0 Å². The van der Waals surface area contributed by atoms with Crippen LogP contribution < -0.4 is 14.4 Å². The van der Waals surface area contributed by atoms with Gasteiger partial charge in [-0.15, -0.1) is 0 Å². The summed E-state index contributed by atoms with van der Waals surface area (Å²) in [6.07, 6.45) is 5.48. The molecule has 1 saturated heterocycles. The molecular formula is C18H20N4O2S. The second-order valence-electron chi connectivity index (χ2n) is 6.11. The lowest BCUT2D eigenvalue weighted by molar-refractivity contribution is 0.163. The van der Waals surface area contributed by atoms with Crippen LogP contribution in [-0.2, 0) is 0 Å². The minimum atomic E-state index is 0.177. The topological polar surface area (TPSA) is 60.4 Å². The highest BCUT2D eigenvalue weighted by atomic mass is 32.1. The lowest BCUT2D eigenvalue weighted by Crippen LogP contribution is -2.38. The molecule has 0 bridgehead atoms. The van der Waals surface area contributed by atoms with Gasteiger partial charge < -0.3 is 14.4 Å². The second-order valence-corrected chi connectivity index (χ2v) is 7.12. The van der Waals surface area contributed by atoms with Crippen LogP contribution in [0.3, 0.4) is 0 Å². The maximum Gasteiger partial charge on any atom is 0.232 e. The lowest BCUT2D eigenvalue weighted by atomic mass is 10.1. The van der Waals surface area contributed by atoms with Crippen LogP contribution in [0.1, 0.15) is 18.5 Å². The normalized spacial score (nSPS) is 15.5. The molecule has 3 aromatic rings. The van der Waals surface area contributed by atoms with Crippen molar-refractivity contribution in [3.05, 3.63) is 36.3 Å². The van der Waals surface area contributed by atoms with Crippen molar-refractivity contribution in [3.8, 4) is 11.6 Å². The van der Waals surface area contributed by atoms with Crippen molar-refractivity contribution >= 4 is 26.7 Å². The fourth-order valence-corrected chi connectivity index (χ4v) is 4.08. The van der Waals surface area contributed by atoms with Gasteiger partial charge in [-0.25, -0.2) is 9.97 Å². The van der Waals surface area contributed by atoms with Gasteiger partial charge >= 0.3 is 0 Å². The number of rotatable bonds is 4. The molecule has 1 fully saturated rings. The van der Waals surface area contributed by atoms with Crippen LogP contribution >= 0.6 is 11.3 Å². The molecule has 0 atom stereocenters. The number of nitrogens with zero attached hydrogens (tertiary/aromatic N) is 4. The van der Waals surface area contributed by atoms with Crippen molar-refractivity contribution in [2.45, 2.75) is 25.9 Å². The average Bonchev–Trinajstić information content (AvgIpc) is 3.06. The first-order valence-corrected chi connectivity index (χ1v) is 9.18. The predicted octanol–water partition coefficient (Wildman–Crippen LogP) is 3.45. The van der Waals surface area contributed by atoms with Gasteiger partial charge in [0.15, 0.2) is 5.13 Å². The first-order chi connectivity index (χ1) is 12.2. The van der Waals surface area contributed by atoms with Gasteiger partial charge in [-0.1, -0.05) is 17.4 Å². The van der Waals surface area contributed by atoms with Crippen molar-refractivity contribution < 1.29 is 9.47 Å². The van der Waals surface area contributed by atoms with Crippen LogP contribution in [0.15, 0.2) is 30.6 Å². The highest BCUT2D eigenvalue weighted by Crippen LogP contribution is 2.35. The van der Waals surface area contributed by atoms with Gasteiger partial charge in [0, 0.05) is 32.1 Å². The number of thiazole rings is 1. The molecule has 25 heavy (non-hydrogen) atoms. The SMILES string of the molecule is COc1cccc2sc(N3CCC(Oc4cncc(C)n4)CC3)nc12. The molecule has 0 saturated carbocycles. The minimum absolute atomic E-state index is 0.177. The van der Waals surface area contributed by atoms with Gasteiger partial charge in [-0.2, -0.15) is 0 Å². The zero-order valence-electron chi connectivity index (χ0n) is 14.3. The van der Waals surface area contributed by atoms with Crippen LogP contribution in [0.25, 0.3) is 10.2 Å². The number of fused-ring (bicyclic) bond motifs is 1. The Morgan fingerprint density at radius 2 is 2.00 bits per heavy atom. The number of hydrogen-bond donors (Lipinski definition) is 0. The summed E-state index contributed by atoms with van der Waals surface area (Å²) >= 11 is 1.71. The number of benzene rings is 1. The van der Waals surface area contributed by atoms with E-state index in [0.29, 0.717) is 5.88 Å². The summed E-state index contributed by atoms with van der Waals surface area (Å²) in [5.74, 6) is 1.44. The van der Waals surface area contributed by atoms with Gasteiger partial charge in [-0.05, 0) is 19.1 Å². The molecule has 1 aliphatic heterocycles. The van der Waals surface area contributed by atoms with Gasteiger partial charge in [0.1, 0.15) is 17.4 Å². The van der Waals surface area contributed by atoms with Crippen molar-refractivity contribution in [1.29, 1.82) is 0 Å². The average molecular weight is 356 g/mol. The maximum atomic E-state index is 5.98. The van der Waals surface area contributed by atoms with E-state index in [-0.39, 0.29) is 6.10 Å². The summed E-state index contributed by atoms with van der Waals surface area (Å²) in [6.45, 7) is 3.77. The van der Waals surface area contributed by atoms with Gasteiger partial charge in [0.05, 0.1) is 23.7 Å². The fraction of sp³-hybridized carbons (Fsp3) is 0.389. The summed E-state index contributed by atoms with van der Waals surface area (Å²) in [6, 6.07) is 6.05. The highest BCUT2D eigenvalue weighted by Gasteiger charge is 2.23. The van der Waals surface area contributed by atoms with E-state index in [4.69, 9.17) is 14.5 Å². The highest BCUT2D eigenvalue weighted by molar-refractivity contribution is 7.22. The van der Waals surface area contributed by atoms with Crippen LogP contribution in [0.4, 0.5) is 5.13 Å². The third kappa shape index (κ3) is 3.37. The Morgan fingerprint density at radius 1 is 1.16 bits per heavy atom. The molecule has 6 nitrogen and oxygen atoms in total.